The van der Waals surface area contributed by atoms with Gasteiger partial charge in [-0.2, -0.15) is 4.98 Å². The van der Waals surface area contributed by atoms with E-state index >= 15 is 0 Å². The average molecular weight is 466 g/mol. The summed E-state index contributed by atoms with van der Waals surface area (Å²) in [7, 11) is 0. The van der Waals surface area contributed by atoms with Gasteiger partial charge < -0.3 is 4.74 Å². The van der Waals surface area contributed by atoms with Crippen molar-refractivity contribution in [3.05, 3.63) is 74.5 Å². The van der Waals surface area contributed by atoms with Gasteiger partial charge in [-0.3, -0.25) is 18.9 Å². The zero-order valence-electron chi connectivity index (χ0n) is 18.3. The maximum atomic E-state index is 13.4. The molecular weight excluding hydrogens is 442 g/mol. The predicted octanol–water partition coefficient (Wildman–Crippen LogP) is 5.10. The fourth-order valence-electron chi connectivity index (χ4n) is 3.56. The lowest BCUT2D eigenvalue weighted by molar-refractivity contribution is -0.123. The average Bonchev–Trinajstić information content (AvgIpc) is 3.02. The molecule has 1 atom stereocenters. The van der Waals surface area contributed by atoms with Crippen LogP contribution in [0.25, 0.3) is 11.7 Å². The number of fused-ring (bicyclic) bond motifs is 1. The van der Waals surface area contributed by atoms with Crippen molar-refractivity contribution in [2.45, 2.75) is 40.2 Å². The van der Waals surface area contributed by atoms with E-state index < -0.39 is 0 Å². The van der Waals surface area contributed by atoms with E-state index in [4.69, 9.17) is 17.0 Å². The van der Waals surface area contributed by atoms with Crippen molar-refractivity contribution in [1.82, 2.24) is 14.3 Å². The molecule has 1 aromatic carbocycles. The fraction of sp³-hybridized carbons (Fsp3) is 0.250. The number of hydrogen-bond acceptors (Lipinski definition) is 6. The SMILES string of the molecule is CCC(C)N1C(=O)/C(=C\c2c(Oc3cc(C)cc(C)c3)nc3ccccn3c2=O)SC1=S. The molecule has 1 aliphatic heterocycles. The number of aryl methyl sites for hydroxylation is 2. The van der Waals surface area contributed by atoms with Gasteiger partial charge >= 0.3 is 0 Å². The van der Waals surface area contributed by atoms with Crippen LogP contribution in [-0.2, 0) is 4.79 Å². The van der Waals surface area contributed by atoms with Crippen LogP contribution in [0.4, 0.5) is 0 Å². The molecule has 32 heavy (non-hydrogen) atoms. The maximum Gasteiger partial charge on any atom is 0.269 e. The van der Waals surface area contributed by atoms with Gasteiger partial charge in [0.1, 0.15) is 21.3 Å². The molecule has 6 nitrogen and oxygen atoms in total. The number of nitrogens with zero attached hydrogens (tertiary/aromatic N) is 3. The zero-order chi connectivity index (χ0) is 23.0. The quantitative estimate of drug-likeness (QED) is 0.386. The molecule has 164 valence electrons. The number of carbonyl (C=O) groups excluding carboxylic acids is 1. The van der Waals surface area contributed by atoms with Crippen molar-refractivity contribution in [2.75, 3.05) is 0 Å². The Morgan fingerprint density at radius 1 is 1.19 bits per heavy atom. The predicted molar refractivity (Wildman–Crippen MR) is 132 cm³/mol. The van der Waals surface area contributed by atoms with Gasteiger partial charge in [0.2, 0.25) is 5.88 Å². The van der Waals surface area contributed by atoms with E-state index in [0.29, 0.717) is 20.6 Å². The van der Waals surface area contributed by atoms with E-state index in [9.17, 15) is 9.59 Å². The van der Waals surface area contributed by atoms with Crippen LogP contribution in [0.5, 0.6) is 11.6 Å². The van der Waals surface area contributed by atoms with Gasteiger partial charge in [-0.25, -0.2) is 0 Å². The molecule has 0 radical (unpaired) electrons. The number of thioether (sulfide) groups is 1. The van der Waals surface area contributed by atoms with Crippen LogP contribution in [0, 0.1) is 13.8 Å². The van der Waals surface area contributed by atoms with Gasteiger partial charge in [0.25, 0.3) is 11.5 Å². The van der Waals surface area contributed by atoms with Crippen LogP contribution >= 0.6 is 24.0 Å². The van der Waals surface area contributed by atoms with Crippen molar-refractivity contribution in [1.29, 1.82) is 0 Å². The molecule has 8 heteroatoms. The molecule has 1 amide bonds. The van der Waals surface area contributed by atoms with Gasteiger partial charge in [0, 0.05) is 12.2 Å². The van der Waals surface area contributed by atoms with E-state index in [1.54, 1.807) is 35.4 Å². The summed E-state index contributed by atoms with van der Waals surface area (Å²) < 4.78 is 8.02. The molecule has 1 aliphatic rings. The number of pyridine rings is 1. The zero-order valence-corrected chi connectivity index (χ0v) is 19.9. The lowest BCUT2D eigenvalue weighted by atomic mass is 10.1. The van der Waals surface area contributed by atoms with Gasteiger partial charge in [-0.05, 0) is 68.7 Å². The second-order valence-corrected chi connectivity index (χ2v) is 9.47. The summed E-state index contributed by atoms with van der Waals surface area (Å²) in [5.41, 5.74) is 2.42. The summed E-state index contributed by atoms with van der Waals surface area (Å²) in [6.07, 6.45) is 3.97. The van der Waals surface area contributed by atoms with E-state index in [-0.39, 0.29) is 29.0 Å². The monoisotopic (exact) mass is 465 g/mol. The number of benzene rings is 1. The Labute approximate surface area is 195 Å². The number of thiocarbonyl (C=S) groups is 1. The Kier molecular flexibility index (Phi) is 6.17. The Hall–Kier alpha value is -2.97. The van der Waals surface area contributed by atoms with Crippen molar-refractivity contribution in [3.8, 4) is 11.6 Å². The summed E-state index contributed by atoms with van der Waals surface area (Å²) in [4.78, 5) is 32.9. The van der Waals surface area contributed by atoms with Crippen LogP contribution in [0.3, 0.4) is 0 Å². The molecule has 0 saturated carbocycles. The highest BCUT2D eigenvalue weighted by molar-refractivity contribution is 8.26. The minimum Gasteiger partial charge on any atom is -0.438 e. The summed E-state index contributed by atoms with van der Waals surface area (Å²) in [6.45, 7) is 7.91. The highest BCUT2D eigenvalue weighted by atomic mass is 32.2. The molecule has 0 aliphatic carbocycles. The third-order valence-electron chi connectivity index (χ3n) is 5.27. The topological polar surface area (TPSA) is 63.9 Å². The number of rotatable bonds is 5. The summed E-state index contributed by atoms with van der Waals surface area (Å²) in [5.74, 6) is 0.528. The Morgan fingerprint density at radius 3 is 2.59 bits per heavy atom. The Morgan fingerprint density at radius 2 is 1.91 bits per heavy atom. The van der Waals surface area contributed by atoms with Crippen molar-refractivity contribution >= 4 is 45.9 Å². The molecule has 1 saturated heterocycles. The number of amides is 1. The van der Waals surface area contributed by atoms with Crippen LogP contribution in [0.2, 0.25) is 0 Å². The molecule has 3 aromatic rings. The smallest absolute Gasteiger partial charge is 0.269 e. The van der Waals surface area contributed by atoms with E-state index in [0.717, 1.165) is 17.5 Å². The van der Waals surface area contributed by atoms with Gasteiger partial charge in [-0.15, -0.1) is 0 Å². The number of carbonyl (C=O) groups is 1. The van der Waals surface area contributed by atoms with E-state index in [1.165, 1.54) is 16.2 Å². The van der Waals surface area contributed by atoms with E-state index in [2.05, 4.69) is 4.98 Å². The molecule has 1 fully saturated rings. The highest BCUT2D eigenvalue weighted by Crippen LogP contribution is 2.35. The molecule has 0 N–H and O–H groups in total. The lowest BCUT2D eigenvalue weighted by Crippen LogP contribution is -2.36. The standard InChI is InChI=1S/C24H23N3O3S2/c1-5-16(4)27-23(29)19(32-24(27)31)13-18-21(30-17-11-14(2)10-15(3)12-17)25-20-8-6-7-9-26(20)22(18)28/h6-13,16H,5H2,1-4H3/b19-13+. The summed E-state index contributed by atoms with van der Waals surface area (Å²) >= 11 is 6.62. The normalized spacial score (nSPS) is 16.2. The van der Waals surface area contributed by atoms with Gasteiger partial charge in [0.15, 0.2) is 0 Å². The molecule has 4 rings (SSSR count). The molecule has 3 heterocycles. The molecule has 1 unspecified atom stereocenters. The number of hydrogen-bond donors (Lipinski definition) is 0. The van der Waals surface area contributed by atoms with E-state index in [1.807, 2.05) is 45.9 Å². The van der Waals surface area contributed by atoms with Crippen molar-refractivity contribution < 1.29 is 9.53 Å². The van der Waals surface area contributed by atoms with Gasteiger partial charge in [-0.1, -0.05) is 43.0 Å². The van der Waals surface area contributed by atoms with Crippen LogP contribution in [0.1, 0.15) is 37.0 Å². The van der Waals surface area contributed by atoms with Crippen molar-refractivity contribution in [2.24, 2.45) is 0 Å². The van der Waals surface area contributed by atoms with Gasteiger partial charge in [0.05, 0.1) is 4.91 Å². The molecule has 0 spiro atoms. The first-order chi connectivity index (χ1) is 15.3. The maximum absolute atomic E-state index is 13.4. The minimum atomic E-state index is -0.316. The van der Waals surface area contributed by atoms with Crippen LogP contribution in [-0.4, -0.2) is 30.6 Å². The Balaban J connectivity index is 1.86. The lowest BCUT2D eigenvalue weighted by Gasteiger charge is -2.21. The first-order valence-electron chi connectivity index (χ1n) is 10.3. The molecular formula is C24H23N3O3S2. The molecule has 2 aromatic heterocycles. The highest BCUT2D eigenvalue weighted by Gasteiger charge is 2.35. The van der Waals surface area contributed by atoms with Crippen molar-refractivity contribution in [3.63, 3.8) is 0 Å². The molecule has 0 bridgehead atoms. The van der Waals surface area contributed by atoms with Crippen LogP contribution < -0.4 is 10.3 Å². The number of aromatic nitrogens is 2. The summed E-state index contributed by atoms with van der Waals surface area (Å²) in [6, 6.07) is 11.1. The second kappa shape index (κ2) is 8.88. The number of ether oxygens (including phenoxy) is 1. The first kappa shape index (κ1) is 22.2. The Bertz CT molecular complexity index is 1310. The first-order valence-corrected chi connectivity index (χ1v) is 11.6. The largest absolute Gasteiger partial charge is 0.438 e. The second-order valence-electron chi connectivity index (χ2n) is 7.80. The summed E-state index contributed by atoms with van der Waals surface area (Å²) in [5, 5.41) is 0. The fourth-order valence-corrected chi connectivity index (χ4v) is 5.00. The third-order valence-corrected chi connectivity index (χ3v) is 6.60. The third kappa shape index (κ3) is 4.20. The van der Waals surface area contributed by atoms with Crippen LogP contribution in [0.15, 0.2) is 52.3 Å². The minimum absolute atomic E-state index is 0.0183.